The highest BCUT2D eigenvalue weighted by Gasteiger charge is 2.36. The first kappa shape index (κ1) is 20.8. The molecule has 0 aliphatic heterocycles. The van der Waals surface area contributed by atoms with E-state index in [1.165, 1.54) is 24.3 Å². The molecule has 0 heterocycles. The smallest absolute Gasteiger partial charge is 0.123 e. The van der Waals surface area contributed by atoms with Crippen molar-refractivity contribution in [3.05, 3.63) is 65.2 Å². The Kier molecular flexibility index (Phi) is 6.71. The molecule has 0 aromatic heterocycles. The first-order chi connectivity index (χ1) is 13.4. The number of hydrogen-bond acceptors (Lipinski definition) is 2. The van der Waals surface area contributed by atoms with Crippen LogP contribution >= 0.6 is 0 Å². The van der Waals surface area contributed by atoms with Gasteiger partial charge in [0.25, 0.3) is 0 Å². The molecule has 4 atom stereocenters. The fourth-order valence-electron chi connectivity index (χ4n) is 4.72. The predicted octanol–water partition coefficient (Wildman–Crippen LogP) is 6.05. The molecule has 1 aliphatic carbocycles. The van der Waals surface area contributed by atoms with Crippen LogP contribution < -0.4 is 4.74 Å². The van der Waals surface area contributed by atoms with Gasteiger partial charge in [-0.3, -0.25) is 0 Å². The quantitative estimate of drug-likeness (QED) is 0.626. The summed E-state index contributed by atoms with van der Waals surface area (Å²) >= 11 is 0. The standard InChI is InChI=1S/C24H30F2O2/c1-15(2)28-23-11-10-21(26)13-22(23)19(14-27)12-18-5-4-16(3)24(18)17-6-8-20(25)9-7-17/h6-11,13,15-16,18-19,24,27H,4-5,12,14H2,1-3H3/t16?,18?,19?,24-/m0/s1. The number of aliphatic hydroxyl groups excluding tert-OH is 1. The van der Waals surface area contributed by atoms with Gasteiger partial charge in [-0.15, -0.1) is 0 Å². The lowest BCUT2D eigenvalue weighted by molar-refractivity contribution is 0.216. The number of hydrogen-bond donors (Lipinski definition) is 1. The van der Waals surface area contributed by atoms with Crippen LogP contribution in [0.4, 0.5) is 8.78 Å². The Morgan fingerprint density at radius 2 is 1.71 bits per heavy atom. The molecule has 152 valence electrons. The van der Waals surface area contributed by atoms with Gasteiger partial charge in [0.1, 0.15) is 17.4 Å². The van der Waals surface area contributed by atoms with Crippen molar-refractivity contribution in [1.29, 1.82) is 0 Å². The first-order valence-corrected chi connectivity index (χ1v) is 10.2. The van der Waals surface area contributed by atoms with E-state index in [1.807, 2.05) is 26.0 Å². The van der Waals surface area contributed by atoms with Crippen molar-refractivity contribution in [2.24, 2.45) is 11.8 Å². The van der Waals surface area contributed by atoms with Gasteiger partial charge in [-0.25, -0.2) is 8.78 Å². The van der Waals surface area contributed by atoms with Gasteiger partial charge in [0.15, 0.2) is 0 Å². The summed E-state index contributed by atoms with van der Waals surface area (Å²) in [7, 11) is 0. The highest BCUT2D eigenvalue weighted by atomic mass is 19.1. The summed E-state index contributed by atoms with van der Waals surface area (Å²) in [6.45, 7) is 6.05. The minimum atomic E-state index is -0.320. The molecular weight excluding hydrogens is 358 g/mol. The molecule has 3 unspecified atom stereocenters. The number of rotatable bonds is 7. The summed E-state index contributed by atoms with van der Waals surface area (Å²) in [5.41, 5.74) is 1.87. The third-order valence-electron chi connectivity index (χ3n) is 5.95. The van der Waals surface area contributed by atoms with Crippen molar-refractivity contribution in [2.75, 3.05) is 6.61 Å². The average molecular weight is 388 g/mol. The minimum Gasteiger partial charge on any atom is -0.491 e. The topological polar surface area (TPSA) is 29.5 Å². The molecule has 1 saturated carbocycles. The van der Waals surface area contributed by atoms with Gasteiger partial charge < -0.3 is 9.84 Å². The molecule has 0 spiro atoms. The molecule has 1 N–H and O–H groups in total. The highest BCUT2D eigenvalue weighted by Crippen LogP contribution is 2.48. The average Bonchev–Trinajstić information content (AvgIpc) is 3.02. The van der Waals surface area contributed by atoms with Crippen LogP contribution in [-0.4, -0.2) is 17.8 Å². The van der Waals surface area contributed by atoms with Gasteiger partial charge in [0.05, 0.1) is 12.7 Å². The van der Waals surface area contributed by atoms with E-state index in [9.17, 15) is 13.9 Å². The van der Waals surface area contributed by atoms with Crippen molar-refractivity contribution in [2.45, 2.75) is 58.0 Å². The number of benzene rings is 2. The van der Waals surface area contributed by atoms with E-state index in [1.54, 1.807) is 6.07 Å². The Morgan fingerprint density at radius 1 is 1.04 bits per heavy atom. The third kappa shape index (κ3) is 4.72. The molecule has 28 heavy (non-hydrogen) atoms. The van der Waals surface area contributed by atoms with Crippen LogP contribution in [0, 0.1) is 23.5 Å². The van der Waals surface area contributed by atoms with E-state index in [-0.39, 0.29) is 30.3 Å². The first-order valence-electron chi connectivity index (χ1n) is 10.2. The second-order valence-electron chi connectivity index (χ2n) is 8.36. The van der Waals surface area contributed by atoms with Gasteiger partial charge in [0, 0.05) is 11.5 Å². The van der Waals surface area contributed by atoms with Crippen molar-refractivity contribution in [1.82, 2.24) is 0 Å². The monoisotopic (exact) mass is 388 g/mol. The molecule has 1 aliphatic rings. The zero-order chi connectivity index (χ0) is 20.3. The molecule has 3 rings (SSSR count). The van der Waals surface area contributed by atoms with Crippen LogP contribution in [-0.2, 0) is 0 Å². The van der Waals surface area contributed by atoms with E-state index in [4.69, 9.17) is 4.74 Å². The van der Waals surface area contributed by atoms with Crippen molar-refractivity contribution in [3.8, 4) is 5.75 Å². The SMILES string of the molecule is CC(C)Oc1ccc(F)cc1C(CO)CC1CCC(C)[C@H]1c1ccc(F)cc1. The fraction of sp³-hybridized carbons (Fsp3) is 0.500. The summed E-state index contributed by atoms with van der Waals surface area (Å²) < 4.78 is 33.2. The van der Waals surface area contributed by atoms with Gasteiger partial charge in [-0.1, -0.05) is 19.1 Å². The van der Waals surface area contributed by atoms with Gasteiger partial charge in [-0.2, -0.15) is 0 Å². The van der Waals surface area contributed by atoms with Gasteiger partial charge >= 0.3 is 0 Å². The molecule has 0 bridgehead atoms. The second kappa shape index (κ2) is 9.04. The maximum absolute atomic E-state index is 14.0. The van der Waals surface area contributed by atoms with E-state index in [2.05, 4.69) is 6.92 Å². The Hall–Kier alpha value is -1.94. The molecule has 2 nitrogen and oxygen atoms in total. The fourth-order valence-corrected chi connectivity index (χ4v) is 4.72. The number of ether oxygens (including phenoxy) is 1. The van der Waals surface area contributed by atoms with E-state index in [0.29, 0.717) is 23.5 Å². The lowest BCUT2D eigenvalue weighted by atomic mass is 9.78. The zero-order valence-electron chi connectivity index (χ0n) is 16.9. The van der Waals surface area contributed by atoms with E-state index in [0.717, 1.165) is 30.4 Å². The number of halogens is 2. The maximum atomic E-state index is 14.0. The molecule has 0 radical (unpaired) electrons. The molecule has 0 saturated heterocycles. The number of aliphatic hydroxyl groups is 1. The van der Waals surface area contributed by atoms with Crippen LogP contribution in [0.15, 0.2) is 42.5 Å². The Balaban J connectivity index is 1.86. The molecule has 2 aromatic rings. The second-order valence-corrected chi connectivity index (χ2v) is 8.36. The van der Waals surface area contributed by atoms with Crippen molar-refractivity contribution >= 4 is 0 Å². The minimum absolute atomic E-state index is 0.0259. The summed E-state index contributed by atoms with van der Waals surface area (Å²) in [5, 5.41) is 10.1. The zero-order valence-corrected chi connectivity index (χ0v) is 16.9. The van der Waals surface area contributed by atoms with Crippen LogP contribution in [0.5, 0.6) is 5.75 Å². The Labute approximate surface area is 166 Å². The lowest BCUT2D eigenvalue weighted by Gasteiger charge is -2.28. The third-order valence-corrected chi connectivity index (χ3v) is 5.95. The molecule has 4 heteroatoms. The van der Waals surface area contributed by atoms with Crippen LogP contribution in [0.1, 0.15) is 63.0 Å². The lowest BCUT2D eigenvalue weighted by Crippen LogP contribution is -2.18. The van der Waals surface area contributed by atoms with Gasteiger partial charge in [0.2, 0.25) is 0 Å². The van der Waals surface area contributed by atoms with E-state index < -0.39 is 0 Å². The van der Waals surface area contributed by atoms with E-state index >= 15 is 0 Å². The summed E-state index contributed by atoms with van der Waals surface area (Å²) in [6, 6.07) is 11.3. The van der Waals surface area contributed by atoms with Crippen LogP contribution in [0.25, 0.3) is 0 Å². The summed E-state index contributed by atoms with van der Waals surface area (Å²) in [4.78, 5) is 0. The Bertz CT molecular complexity index is 773. The summed E-state index contributed by atoms with van der Waals surface area (Å²) in [5.74, 6) is 1.07. The predicted molar refractivity (Wildman–Crippen MR) is 108 cm³/mol. The van der Waals surface area contributed by atoms with Crippen molar-refractivity contribution < 1.29 is 18.6 Å². The Morgan fingerprint density at radius 3 is 2.36 bits per heavy atom. The normalized spacial score (nSPS) is 23.2. The molecule has 1 fully saturated rings. The van der Waals surface area contributed by atoms with Crippen LogP contribution in [0.2, 0.25) is 0 Å². The summed E-state index contributed by atoms with van der Waals surface area (Å²) in [6.07, 6.45) is 2.88. The largest absolute Gasteiger partial charge is 0.491 e. The molecular formula is C24H30F2O2. The molecule has 2 aromatic carbocycles. The van der Waals surface area contributed by atoms with Gasteiger partial charge in [-0.05, 0) is 86.8 Å². The van der Waals surface area contributed by atoms with Crippen molar-refractivity contribution in [3.63, 3.8) is 0 Å². The molecule has 0 amide bonds. The van der Waals surface area contributed by atoms with Crippen LogP contribution in [0.3, 0.4) is 0 Å². The maximum Gasteiger partial charge on any atom is 0.123 e. The highest BCUT2D eigenvalue weighted by molar-refractivity contribution is 5.37.